The molecular weight excluding hydrogens is 326 g/mol. The van der Waals surface area contributed by atoms with Gasteiger partial charge in [0.15, 0.2) is 0 Å². The zero-order valence-corrected chi connectivity index (χ0v) is 15.7. The predicted molar refractivity (Wildman–Crippen MR) is 103 cm³/mol. The van der Waals surface area contributed by atoms with Gasteiger partial charge in [-0.2, -0.15) is 0 Å². The van der Waals surface area contributed by atoms with E-state index >= 15 is 0 Å². The van der Waals surface area contributed by atoms with Crippen LogP contribution in [0.2, 0.25) is 0 Å². The minimum absolute atomic E-state index is 0.110. The Balaban J connectivity index is 1.55. The first-order valence-corrected chi connectivity index (χ1v) is 9.12. The molecule has 2 aromatic rings. The quantitative estimate of drug-likeness (QED) is 0.880. The molecule has 0 bridgehead atoms. The number of nitrogens with one attached hydrogen (secondary N) is 1. The van der Waals surface area contributed by atoms with Crippen LogP contribution >= 0.6 is 0 Å². The second-order valence-corrected chi connectivity index (χ2v) is 7.07. The summed E-state index contributed by atoms with van der Waals surface area (Å²) in [6.45, 7) is 7.64. The van der Waals surface area contributed by atoms with Crippen molar-refractivity contribution in [2.24, 2.45) is 5.73 Å². The van der Waals surface area contributed by atoms with Crippen LogP contribution in [0.1, 0.15) is 41.5 Å². The summed E-state index contributed by atoms with van der Waals surface area (Å²) >= 11 is 0. The third kappa shape index (κ3) is 4.38. The van der Waals surface area contributed by atoms with Crippen molar-refractivity contribution in [2.45, 2.75) is 45.7 Å². The molecule has 1 aromatic heterocycles. The maximum Gasteiger partial charge on any atom is 0.241 e. The topological polar surface area (TPSA) is 84.1 Å². The SMILES string of the molecule is Cc1ccc(C(N)C(=O)NC2CCN(c3cc(C)nc(C)n3)CC2)cc1. The smallest absolute Gasteiger partial charge is 0.241 e. The van der Waals surface area contributed by atoms with Crippen LogP contribution in [0.15, 0.2) is 30.3 Å². The van der Waals surface area contributed by atoms with E-state index in [-0.39, 0.29) is 11.9 Å². The van der Waals surface area contributed by atoms with Crippen LogP contribution in [0.4, 0.5) is 5.82 Å². The molecule has 3 rings (SSSR count). The number of carbonyl (C=O) groups is 1. The number of aromatic nitrogens is 2. The number of benzene rings is 1. The van der Waals surface area contributed by atoms with E-state index in [9.17, 15) is 4.79 Å². The monoisotopic (exact) mass is 353 g/mol. The van der Waals surface area contributed by atoms with Crippen molar-refractivity contribution >= 4 is 11.7 Å². The van der Waals surface area contributed by atoms with Crippen LogP contribution in [0.3, 0.4) is 0 Å². The van der Waals surface area contributed by atoms with Crippen LogP contribution in [0, 0.1) is 20.8 Å². The Kier molecular flexibility index (Phi) is 5.52. The summed E-state index contributed by atoms with van der Waals surface area (Å²) in [6, 6.07) is 9.34. The molecule has 3 N–H and O–H groups in total. The Morgan fingerprint density at radius 3 is 2.42 bits per heavy atom. The average molecular weight is 353 g/mol. The normalized spacial score (nSPS) is 16.4. The van der Waals surface area contributed by atoms with E-state index in [4.69, 9.17) is 5.73 Å². The van der Waals surface area contributed by atoms with Gasteiger partial charge >= 0.3 is 0 Å². The minimum Gasteiger partial charge on any atom is -0.356 e. The van der Waals surface area contributed by atoms with Gasteiger partial charge in [0.05, 0.1) is 0 Å². The lowest BCUT2D eigenvalue weighted by atomic mass is 10.0. The molecule has 1 unspecified atom stereocenters. The van der Waals surface area contributed by atoms with Crippen molar-refractivity contribution in [3.63, 3.8) is 0 Å². The second kappa shape index (κ2) is 7.83. The Morgan fingerprint density at radius 2 is 1.81 bits per heavy atom. The standard InChI is InChI=1S/C20H27N5O/c1-13-4-6-16(7-5-13)19(21)20(26)24-17-8-10-25(11-9-17)18-12-14(2)22-15(3)23-18/h4-7,12,17,19H,8-11,21H2,1-3H3,(H,24,26). The number of piperidine rings is 1. The molecule has 6 nitrogen and oxygen atoms in total. The third-order valence-electron chi connectivity index (χ3n) is 4.84. The Morgan fingerprint density at radius 1 is 1.15 bits per heavy atom. The fourth-order valence-electron chi connectivity index (χ4n) is 3.33. The van der Waals surface area contributed by atoms with Crippen molar-refractivity contribution in [3.05, 3.63) is 53.0 Å². The summed E-state index contributed by atoms with van der Waals surface area (Å²) in [5, 5.41) is 3.10. The van der Waals surface area contributed by atoms with Gasteiger partial charge in [0.1, 0.15) is 17.7 Å². The molecule has 0 saturated carbocycles. The molecule has 0 aliphatic carbocycles. The lowest BCUT2D eigenvalue weighted by Crippen LogP contribution is -2.47. The highest BCUT2D eigenvalue weighted by Crippen LogP contribution is 2.19. The molecule has 1 saturated heterocycles. The van der Waals surface area contributed by atoms with Gasteiger partial charge in [-0.25, -0.2) is 9.97 Å². The molecule has 2 heterocycles. The van der Waals surface area contributed by atoms with Crippen LogP contribution < -0.4 is 16.0 Å². The van der Waals surface area contributed by atoms with E-state index in [1.807, 2.05) is 51.1 Å². The summed E-state index contributed by atoms with van der Waals surface area (Å²) in [5.74, 6) is 1.65. The summed E-state index contributed by atoms with van der Waals surface area (Å²) in [5.41, 5.74) is 9.10. The molecule has 1 aliphatic heterocycles. The largest absolute Gasteiger partial charge is 0.356 e. The number of aryl methyl sites for hydroxylation is 3. The molecule has 0 radical (unpaired) electrons. The summed E-state index contributed by atoms with van der Waals surface area (Å²) in [6.07, 6.45) is 1.77. The highest BCUT2D eigenvalue weighted by Gasteiger charge is 2.24. The summed E-state index contributed by atoms with van der Waals surface area (Å²) < 4.78 is 0. The lowest BCUT2D eigenvalue weighted by Gasteiger charge is -2.33. The van der Waals surface area contributed by atoms with Gasteiger partial charge in [0, 0.05) is 30.9 Å². The first kappa shape index (κ1) is 18.3. The van der Waals surface area contributed by atoms with Gasteiger partial charge in [-0.05, 0) is 39.2 Å². The van der Waals surface area contributed by atoms with E-state index in [2.05, 4.69) is 20.2 Å². The first-order valence-electron chi connectivity index (χ1n) is 9.12. The molecule has 26 heavy (non-hydrogen) atoms. The van der Waals surface area contributed by atoms with Gasteiger partial charge in [-0.3, -0.25) is 4.79 Å². The molecule has 1 aromatic carbocycles. The molecule has 1 aliphatic rings. The van der Waals surface area contributed by atoms with E-state index in [1.54, 1.807) is 0 Å². The highest BCUT2D eigenvalue weighted by atomic mass is 16.2. The lowest BCUT2D eigenvalue weighted by molar-refractivity contribution is -0.123. The van der Waals surface area contributed by atoms with Gasteiger partial charge in [-0.1, -0.05) is 29.8 Å². The van der Waals surface area contributed by atoms with Gasteiger partial charge < -0.3 is 16.0 Å². The highest BCUT2D eigenvalue weighted by molar-refractivity contribution is 5.83. The Bertz CT molecular complexity index is 746. The van der Waals surface area contributed by atoms with Gasteiger partial charge in [-0.15, -0.1) is 0 Å². The molecule has 1 amide bonds. The maximum atomic E-state index is 12.5. The number of hydrogen-bond acceptors (Lipinski definition) is 5. The van der Waals surface area contributed by atoms with Crippen LogP contribution in [-0.2, 0) is 4.79 Å². The second-order valence-electron chi connectivity index (χ2n) is 7.07. The van der Waals surface area contributed by atoms with Gasteiger partial charge in [0.2, 0.25) is 5.91 Å². The maximum absolute atomic E-state index is 12.5. The molecule has 6 heteroatoms. The number of nitrogens with zero attached hydrogens (tertiary/aromatic N) is 3. The molecule has 0 spiro atoms. The summed E-state index contributed by atoms with van der Waals surface area (Å²) in [4.78, 5) is 23.6. The molecule has 1 atom stereocenters. The fraction of sp³-hybridized carbons (Fsp3) is 0.450. The number of hydrogen-bond donors (Lipinski definition) is 2. The van der Waals surface area contributed by atoms with E-state index in [0.29, 0.717) is 0 Å². The van der Waals surface area contributed by atoms with E-state index < -0.39 is 6.04 Å². The van der Waals surface area contributed by atoms with Crippen molar-refractivity contribution in [1.82, 2.24) is 15.3 Å². The van der Waals surface area contributed by atoms with Gasteiger partial charge in [0.25, 0.3) is 0 Å². The molecule has 1 fully saturated rings. The van der Waals surface area contributed by atoms with Crippen molar-refractivity contribution in [3.8, 4) is 0 Å². The number of anilines is 1. The van der Waals surface area contributed by atoms with Crippen molar-refractivity contribution in [2.75, 3.05) is 18.0 Å². The fourth-order valence-corrected chi connectivity index (χ4v) is 3.33. The third-order valence-corrected chi connectivity index (χ3v) is 4.84. The average Bonchev–Trinajstić information content (AvgIpc) is 2.61. The number of carbonyl (C=O) groups excluding carboxylic acids is 1. The molecule has 138 valence electrons. The molecular formula is C20H27N5O. The summed E-state index contributed by atoms with van der Waals surface area (Å²) in [7, 11) is 0. The van der Waals surface area contributed by atoms with Crippen molar-refractivity contribution in [1.29, 1.82) is 0 Å². The minimum atomic E-state index is -0.624. The van der Waals surface area contributed by atoms with Crippen LogP contribution in [0.5, 0.6) is 0 Å². The Hall–Kier alpha value is -2.47. The van der Waals surface area contributed by atoms with Crippen LogP contribution in [0.25, 0.3) is 0 Å². The zero-order valence-electron chi connectivity index (χ0n) is 15.7. The van der Waals surface area contributed by atoms with E-state index in [1.165, 1.54) is 0 Å². The number of rotatable bonds is 4. The first-order chi connectivity index (χ1) is 12.4. The predicted octanol–water partition coefficient (Wildman–Crippen LogP) is 2.19. The Labute approximate surface area is 154 Å². The van der Waals surface area contributed by atoms with Crippen molar-refractivity contribution < 1.29 is 4.79 Å². The van der Waals surface area contributed by atoms with E-state index in [0.717, 1.165) is 54.4 Å². The number of nitrogens with two attached hydrogens (primary N) is 1. The zero-order chi connectivity index (χ0) is 18.7. The number of amides is 1. The van der Waals surface area contributed by atoms with Crippen LogP contribution in [-0.4, -0.2) is 35.0 Å².